The summed E-state index contributed by atoms with van der Waals surface area (Å²) in [6.45, 7) is 5.50. The molecule has 1 aromatic heterocycles. The van der Waals surface area contributed by atoms with Crippen molar-refractivity contribution in [3.63, 3.8) is 0 Å². The number of nitrogens with one attached hydrogen (secondary N) is 2. The van der Waals surface area contributed by atoms with E-state index in [0.29, 0.717) is 12.6 Å². The van der Waals surface area contributed by atoms with Crippen molar-refractivity contribution < 1.29 is 4.74 Å². The summed E-state index contributed by atoms with van der Waals surface area (Å²) < 4.78 is 4.99. The van der Waals surface area contributed by atoms with Crippen LogP contribution in [0.5, 0.6) is 0 Å². The number of hydrogen-bond acceptors (Lipinski definition) is 4. The fourth-order valence-electron chi connectivity index (χ4n) is 1.13. The summed E-state index contributed by atoms with van der Waals surface area (Å²) in [5.74, 6) is 1.66. The Labute approximate surface area is 84.3 Å². The van der Waals surface area contributed by atoms with Crippen LogP contribution in [0.1, 0.15) is 25.0 Å². The number of aromatic nitrogens is 3. The van der Waals surface area contributed by atoms with Gasteiger partial charge in [-0.25, -0.2) is 4.98 Å². The molecule has 0 amide bonds. The van der Waals surface area contributed by atoms with Crippen LogP contribution in [0.2, 0.25) is 0 Å². The lowest BCUT2D eigenvalue weighted by Crippen LogP contribution is -2.27. The largest absolute Gasteiger partial charge is 0.385 e. The summed E-state index contributed by atoms with van der Waals surface area (Å²) in [7, 11) is 1.71. The van der Waals surface area contributed by atoms with Crippen LogP contribution in [0.4, 0.5) is 0 Å². The van der Waals surface area contributed by atoms with E-state index in [1.807, 2.05) is 6.92 Å². The van der Waals surface area contributed by atoms with Gasteiger partial charge in [0.1, 0.15) is 5.82 Å². The van der Waals surface area contributed by atoms with Gasteiger partial charge in [0.2, 0.25) is 0 Å². The first-order chi connectivity index (χ1) is 6.72. The van der Waals surface area contributed by atoms with Gasteiger partial charge in [0, 0.05) is 19.8 Å². The average molecular weight is 198 g/mol. The third-order valence-electron chi connectivity index (χ3n) is 2.01. The van der Waals surface area contributed by atoms with Gasteiger partial charge >= 0.3 is 0 Å². The highest BCUT2D eigenvalue weighted by Gasteiger charge is 2.03. The van der Waals surface area contributed by atoms with E-state index >= 15 is 0 Å². The summed E-state index contributed by atoms with van der Waals surface area (Å²) in [6, 6.07) is 0.425. The maximum atomic E-state index is 4.99. The number of H-pyrrole nitrogens is 1. The molecule has 0 aliphatic heterocycles. The minimum atomic E-state index is 0.425. The number of aromatic amines is 1. The van der Waals surface area contributed by atoms with Gasteiger partial charge in [-0.1, -0.05) is 0 Å². The summed E-state index contributed by atoms with van der Waals surface area (Å²) in [4.78, 5) is 4.20. The number of aryl methyl sites for hydroxylation is 1. The predicted octanol–water partition coefficient (Wildman–Crippen LogP) is 0.628. The molecule has 0 aliphatic rings. The fourth-order valence-corrected chi connectivity index (χ4v) is 1.13. The molecule has 0 fully saturated rings. The van der Waals surface area contributed by atoms with Gasteiger partial charge in [-0.2, -0.15) is 5.10 Å². The highest BCUT2D eigenvalue weighted by Crippen LogP contribution is 1.94. The van der Waals surface area contributed by atoms with Crippen molar-refractivity contribution in [1.82, 2.24) is 20.5 Å². The maximum absolute atomic E-state index is 4.99. The lowest BCUT2D eigenvalue weighted by Gasteiger charge is -2.11. The SMILES string of the molecule is COCCC(C)NCc1n[nH]c(C)n1. The lowest BCUT2D eigenvalue weighted by molar-refractivity contribution is 0.184. The zero-order valence-electron chi connectivity index (χ0n) is 9.00. The van der Waals surface area contributed by atoms with Gasteiger partial charge in [-0.15, -0.1) is 0 Å². The monoisotopic (exact) mass is 198 g/mol. The van der Waals surface area contributed by atoms with Crippen LogP contribution in [0, 0.1) is 6.92 Å². The summed E-state index contributed by atoms with van der Waals surface area (Å²) in [6.07, 6.45) is 1.000. The van der Waals surface area contributed by atoms with Crippen molar-refractivity contribution in [2.75, 3.05) is 13.7 Å². The Morgan fingerprint density at radius 1 is 1.57 bits per heavy atom. The number of nitrogens with zero attached hydrogens (tertiary/aromatic N) is 2. The van der Waals surface area contributed by atoms with E-state index in [2.05, 4.69) is 27.4 Å². The van der Waals surface area contributed by atoms with E-state index in [-0.39, 0.29) is 0 Å². The van der Waals surface area contributed by atoms with Gasteiger partial charge in [0.05, 0.1) is 6.54 Å². The maximum Gasteiger partial charge on any atom is 0.164 e. The Hall–Kier alpha value is -0.940. The molecule has 14 heavy (non-hydrogen) atoms. The molecule has 5 heteroatoms. The van der Waals surface area contributed by atoms with E-state index < -0.39 is 0 Å². The van der Waals surface area contributed by atoms with Gasteiger partial charge in [-0.05, 0) is 20.3 Å². The summed E-state index contributed by atoms with van der Waals surface area (Å²) in [5, 5.41) is 10.2. The van der Waals surface area contributed by atoms with Crippen LogP contribution in [0.25, 0.3) is 0 Å². The van der Waals surface area contributed by atoms with Crippen molar-refractivity contribution in [1.29, 1.82) is 0 Å². The van der Waals surface area contributed by atoms with E-state index in [1.54, 1.807) is 7.11 Å². The molecule has 80 valence electrons. The van der Waals surface area contributed by atoms with Crippen molar-refractivity contribution in [3.8, 4) is 0 Å². The second-order valence-corrected chi connectivity index (χ2v) is 3.40. The first-order valence-electron chi connectivity index (χ1n) is 4.82. The van der Waals surface area contributed by atoms with Crippen molar-refractivity contribution >= 4 is 0 Å². The van der Waals surface area contributed by atoms with Crippen LogP contribution in [-0.2, 0) is 11.3 Å². The second kappa shape index (κ2) is 5.72. The molecule has 0 aromatic carbocycles. The second-order valence-electron chi connectivity index (χ2n) is 3.40. The van der Waals surface area contributed by atoms with Crippen molar-refractivity contribution in [2.24, 2.45) is 0 Å². The molecule has 0 spiro atoms. The molecule has 0 radical (unpaired) electrons. The fraction of sp³-hybridized carbons (Fsp3) is 0.778. The van der Waals surface area contributed by atoms with Gasteiger partial charge in [-0.3, -0.25) is 5.10 Å². The number of methoxy groups -OCH3 is 1. The Kier molecular flexibility index (Phi) is 4.55. The van der Waals surface area contributed by atoms with Crippen LogP contribution in [0.3, 0.4) is 0 Å². The van der Waals surface area contributed by atoms with Crippen LogP contribution < -0.4 is 5.32 Å². The minimum absolute atomic E-state index is 0.425. The molecule has 2 N–H and O–H groups in total. The molecule has 1 unspecified atom stereocenters. The highest BCUT2D eigenvalue weighted by molar-refractivity contribution is 4.87. The molecule has 5 nitrogen and oxygen atoms in total. The molecular weight excluding hydrogens is 180 g/mol. The van der Waals surface area contributed by atoms with E-state index in [4.69, 9.17) is 4.74 Å². The van der Waals surface area contributed by atoms with Gasteiger partial charge < -0.3 is 10.1 Å². The molecule has 0 aliphatic carbocycles. The van der Waals surface area contributed by atoms with E-state index in [0.717, 1.165) is 24.7 Å². The summed E-state index contributed by atoms with van der Waals surface area (Å²) in [5.41, 5.74) is 0. The van der Waals surface area contributed by atoms with E-state index in [9.17, 15) is 0 Å². The number of hydrogen-bond donors (Lipinski definition) is 2. The van der Waals surface area contributed by atoms with Gasteiger partial charge in [0.25, 0.3) is 0 Å². The molecule has 1 rings (SSSR count). The van der Waals surface area contributed by atoms with Crippen LogP contribution in [-0.4, -0.2) is 34.9 Å². The minimum Gasteiger partial charge on any atom is -0.385 e. The molecule has 0 saturated heterocycles. The zero-order valence-corrected chi connectivity index (χ0v) is 9.00. The Bertz CT molecular complexity index is 261. The topological polar surface area (TPSA) is 62.8 Å². The molecular formula is C9H18N4O. The first kappa shape index (κ1) is 11.1. The predicted molar refractivity (Wildman–Crippen MR) is 53.9 cm³/mol. The number of ether oxygens (including phenoxy) is 1. The van der Waals surface area contributed by atoms with Crippen molar-refractivity contribution in [3.05, 3.63) is 11.6 Å². The normalized spacial score (nSPS) is 13.1. The summed E-state index contributed by atoms with van der Waals surface area (Å²) >= 11 is 0. The lowest BCUT2D eigenvalue weighted by atomic mass is 10.2. The van der Waals surface area contributed by atoms with E-state index in [1.165, 1.54) is 0 Å². The molecule has 0 saturated carbocycles. The Morgan fingerprint density at radius 3 is 2.93 bits per heavy atom. The first-order valence-corrected chi connectivity index (χ1v) is 4.82. The third-order valence-corrected chi connectivity index (χ3v) is 2.01. The van der Waals surface area contributed by atoms with Crippen LogP contribution in [0.15, 0.2) is 0 Å². The zero-order chi connectivity index (χ0) is 10.4. The number of rotatable bonds is 6. The van der Waals surface area contributed by atoms with Gasteiger partial charge in [0.15, 0.2) is 5.82 Å². The molecule has 1 atom stereocenters. The smallest absolute Gasteiger partial charge is 0.164 e. The standard InChI is InChI=1S/C9H18N4O/c1-7(4-5-14-3)10-6-9-11-8(2)12-13-9/h7,10H,4-6H2,1-3H3,(H,11,12,13). The molecule has 1 aromatic rings. The quantitative estimate of drug-likeness (QED) is 0.703. The Balaban J connectivity index is 2.20. The van der Waals surface area contributed by atoms with Crippen molar-refractivity contribution in [2.45, 2.75) is 32.9 Å². The average Bonchev–Trinajstić information content (AvgIpc) is 2.58. The highest BCUT2D eigenvalue weighted by atomic mass is 16.5. The third kappa shape index (κ3) is 3.85. The Morgan fingerprint density at radius 2 is 2.36 bits per heavy atom. The van der Waals surface area contributed by atoms with Crippen LogP contribution >= 0.6 is 0 Å². The molecule has 0 bridgehead atoms. The molecule has 1 heterocycles.